The van der Waals surface area contributed by atoms with Gasteiger partial charge in [0.25, 0.3) is 0 Å². The summed E-state index contributed by atoms with van der Waals surface area (Å²) in [4.78, 5) is 2.40. The number of hydrogen-bond donors (Lipinski definition) is 0. The largest absolute Gasteiger partial charge is 0.375 e. The van der Waals surface area contributed by atoms with E-state index in [1.807, 2.05) is 12.2 Å². The number of hydrogen-bond acceptors (Lipinski definition) is 1. The highest BCUT2D eigenvalue weighted by atomic mass is 19.1. The normalized spacial score (nSPS) is 23.6. The van der Waals surface area contributed by atoms with Crippen LogP contribution in [0.15, 0.2) is 48.0 Å². The van der Waals surface area contributed by atoms with Gasteiger partial charge in [-0.3, -0.25) is 0 Å². The van der Waals surface area contributed by atoms with Crippen molar-refractivity contribution < 1.29 is 4.39 Å². The van der Waals surface area contributed by atoms with Crippen LogP contribution >= 0.6 is 0 Å². The van der Waals surface area contributed by atoms with Crippen molar-refractivity contribution in [3.8, 4) is 0 Å². The van der Waals surface area contributed by atoms with Gasteiger partial charge in [-0.2, -0.15) is 0 Å². The minimum atomic E-state index is -0.00550. The number of nitrogens with zero attached hydrogens (tertiary/aromatic N) is 1. The fourth-order valence-corrected chi connectivity index (χ4v) is 3.66. The van der Waals surface area contributed by atoms with Crippen molar-refractivity contribution in [2.45, 2.75) is 52.4 Å². The van der Waals surface area contributed by atoms with Gasteiger partial charge < -0.3 is 4.90 Å². The summed E-state index contributed by atoms with van der Waals surface area (Å²) < 4.78 is 13.9. The summed E-state index contributed by atoms with van der Waals surface area (Å²) in [6.07, 6.45) is 14.3. The lowest BCUT2D eigenvalue weighted by Gasteiger charge is -2.39. The van der Waals surface area contributed by atoms with Crippen molar-refractivity contribution >= 4 is 0 Å². The molecule has 0 bridgehead atoms. The smallest absolute Gasteiger partial charge is 0.104 e. The van der Waals surface area contributed by atoms with Crippen LogP contribution in [0.1, 0.15) is 52.4 Å². The van der Waals surface area contributed by atoms with E-state index in [1.54, 1.807) is 6.08 Å². The Hall–Kier alpha value is -1.31. The summed E-state index contributed by atoms with van der Waals surface area (Å²) in [5.74, 6) is 1.07. The van der Waals surface area contributed by atoms with E-state index in [2.05, 4.69) is 31.4 Å². The van der Waals surface area contributed by atoms with E-state index >= 15 is 0 Å². The maximum Gasteiger partial charge on any atom is 0.104 e. The molecule has 1 heterocycles. The molecule has 0 amide bonds. The first-order chi connectivity index (χ1) is 10.6. The number of unbranched alkanes of at least 4 members (excludes halogenated alkanes) is 1. The zero-order chi connectivity index (χ0) is 15.9. The SMILES string of the molecule is C=C(C)N1CCC[C@@H]([C@@H](CCCC)C2=CC=CCC(F)=C2)C1. The van der Waals surface area contributed by atoms with Crippen LogP contribution in [0.4, 0.5) is 4.39 Å². The van der Waals surface area contributed by atoms with E-state index in [4.69, 9.17) is 0 Å². The molecule has 1 saturated heterocycles. The van der Waals surface area contributed by atoms with Crippen LogP contribution in [0.2, 0.25) is 0 Å². The van der Waals surface area contributed by atoms with E-state index in [0.717, 1.165) is 25.2 Å². The Morgan fingerprint density at radius 1 is 1.50 bits per heavy atom. The molecule has 0 radical (unpaired) electrons. The first kappa shape index (κ1) is 17.1. The molecule has 1 aliphatic heterocycles. The molecule has 122 valence electrons. The van der Waals surface area contributed by atoms with Crippen LogP contribution in [-0.2, 0) is 0 Å². The van der Waals surface area contributed by atoms with Gasteiger partial charge in [0.15, 0.2) is 0 Å². The first-order valence-electron chi connectivity index (χ1n) is 8.75. The second-order valence-electron chi connectivity index (χ2n) is 6.72. The number of likely N-dealkylation sites (tertiary alicyclic amines) is 1. The van der Waals surface area contributed by atoms with Crippen molar-refractivity contribution in [1.82, 2.24) is 4.90 Å². The zero-order valence-corrected chi connectivity index (χ0v) is 14.2. The predicted octanol–water partition coefficient (Wildman–Crippen LogP) is 5.78. The highest BCUT2D eigenvalue weighted by Gasteiger charge is 2.28. The number of rotatable bonds is 6. The molecule has 0 N–H and O–H groups in total. The Balaban J connectivity index is 2.18. The molecule has 2 rings (SSSR count). The molecular weight excluding hydrogens is 273 g/mol. The zero-order valence-electron chi connectivity index (χ0n) is 14.2. The number of allylic oxidation sites excluding steroid dienone is 7. The molecule has 0 aromatic heterocycles. The fraction of sp³-hybridized carbons (Fsp3) is 0.600. The van der Waals surface area contributed by atoms with Crippen LogP contribution in [0.3, 0.4) is 0 Å². The highest BCUT2D eigenvalue weighted by Crippen LogP contribution is 2.35. The predicted molar refractivity (Wildman–Crippen MR) is 93.2 cm³/mol. The lowest BCUT2D eigenvalue weighted by atomic mass is 9.77. The van der Waals surface area contributed by atoms with Gasteiger partial charge in [0, 0.05) is 25.2 Å². The summed E-state index contributed by atoms with van der Waals surface area (Å²) in [6, 6.07) is 0. The van der Waals surface area contributed by atoms with Gasteiger partial charge in [-0.15, -0.1) is 0 Å². The molecule has 0 spiro atoms. The van der Waals surface area contributed by atoms with Gasteiger partial charge in [-0.1, -0.05) is 44.6 Å². The van der Waals surface area contributed by atoms with Crippen molar-refractivity contribution in [2.75, 3.05) is 13.1 Å². The van der Waals surface area contributed by atoms with Gasteiger partial charge in [0.1, 0.15) is 5.83 Å². The van der Waals surface area contributed by atoms with Gasteiger partial charge in [0.2, 0.25) is 0 Å². The Bertz CT molecular complexity index is 472. The quantitative estimate of drug-likeness (QED) is 0.601. The number of halogens is 1. The Labute approximate surface area is 135 Å². The van der Waals surface area contributed by atoms with Crippen LogP contribution in [0.5, 0.6) is 0 Å². The topological polar surface area (TPSA) is 3.24 Å². The van der Waals surface area contributed by atoms with E-state index in [0.29, 0.717) is 18.3 Å². The molecule has 1 aliphatic carbocycles. The minimum Gasteiger partial charge on any atom is -0.375 e. The van der Waals surface area contributed by atoms with Crippen molar-refractivity contribution in [1.29, 1.82) is 0 Å². The lowest BCUT2D eigenvalue weighted by molar-refractivity contribution is 0.175. The Morgan fingerprint density at radius 2 is 2.32 bits per heavy atom. The third-order valence-electron chi connectivity index (χ3n) is 4.92. The molecule has 0 aromatic rings. The standard InChI is InChI=1S/C20H30FN/c1-4-5-12-20(17-9-6-7-11-19(21)14-17)18-10-8-13-22(15-18)16(2)3/h6-7,9,14,18,20H,2,4-5,8,10-13,15H2,1,3H3/t18-,20+/m1/s1. The molecule has 0 aromatic carbocycles. The second-order valence-corrected chi connectivity index (χ2v) is 6.72. The summed E-state index contributed by atoms with van der Waals surface area (Å²) >= 11 is 0. The fourth-order valence-electron chi connectivity index (χ4n) is 3.66. The van der Waals surface area contributed by atoms with Crippen molar-refractivity contribution in [3.63, 3.8) is 0 Å². The average Bonchev–Trinajstić information content (AvgIpc) is 2.72. The summed E-state index contributed by atoms with van der Waals surface area (Å²) in [5, 5.41) is 0. The molecule has 0 unspecified atom stereocenters. The van der Waals surface area contributed by atoms with E-state index in [1.165, 1.54) is 31.3 Å². The van der Waals surface area contributed by atoms with Crippen molar-refractivity contribution in [2.24, 2.45) is 11.8 Å². The Kier molecular flexibility index (Phi) is 6.48. The van der Waals surface area contributed by atoms with Gasteiger partial charge in [-0.05, 0) is 49.7 Å². The third kappa shape index (κ3) is 4.59. The van der Waals surface area contributed by atoms with Gasteiger partial charge in [0.05, 0.1) is 0 Å². The molecule has 1 nitrogen and oxygen atoms in total. The minimum absolute atomic E-state index is 0.00550. The molecule has 1 fully saturated rings. The van der Waals surface area contributed by atoms with E-state index in [9.17, 15) is 4.39 Å². The second kappa shape index (κ2) is 8.36. The Morgan fingerprint density at radius 3 is 3.05 bits per heavy atom. The molecular formula is C20H30FN. The summed E-state index contributed by atoms with van der Waals surface area (Å²) in [6.45, 7) is 10.6. The molecule has 0 saturated carbocycles. The monoisotopic (exact) mass is 303 g/mol. The maximum atomic E-state index is 13.9. The van der Waals surface area contributed by atoms with Crippen LogP contribution < -0.4 is 0 Å². The lowest BCUT2D eigenvalue weighted by Crippen LogP contribution is -2.37. The van der Waals surface area contributed by atoms with E-state index in [-0.39, 0.29) is 5.83 Å². The van der Waals surface area contributed by atoms with Crippen LogP contribution in [0.25, 0.3) is 0 Å². The molecule has 2 atom stereocenters. The average molecular weight is 303 g/mol. The number of piperidine rings is 1. The van der Waals surface area contributed by atoms with Crippen LogP contribution in [0, 0.1) is 11.8 Å². The van der Waals surface area contributed by atoms with Gasteiger partial charge in [-0.25, -0.2) is 4.39 Å². The first-order valence-corrected chi connectivity index (χ1v) is 8.75. The molecule has 2 heteroatoms. The maximum absolute atomic E-state index is 13.9. The van der Waals surface area contributed by atoms with Crippen molar-refractivity contribution in [3.05, 3.63) is 48.0 Å². The van der Waals surface area contributed by atoms with Crippen LogP contribution in [-0.4, -0.2) is 18.0 Å². The third-order valence-corrected chi connectivity index (χ3v) is 4.92. The molecule has 22 heavy (non-hydrogen) atoms. The summed E-state index contributed by atoms with van der Waals surface area (Å²) in [5.41, 5.74) is 2.35. The molecule has 2 aliphatic rings. The highest BCUT2D eigenvalue weighted by molar-refractivity contribution is 5.32. The van der Waals surface area contributed by atoms with Gasteiger partial charge >= 0.3 is 0 Å². The van der Waals surface area contributed by atoms with E-state index < -0.39 is 0 Å². The summed E-state index contributed by atoms with van der Waals surface area (Å²) in [7, 11) is 0.